The lowest BCUT2D eigenvalue weighted by Gasteiger charge is -2.39. The number of aromatic nitrogens is 5. The van der Waals surface area contributed by atoms with Crippen LogP contribution in [0, 0.1) is 10.1 Å². The van der Waals surface area contributed by atoms with Gasteiger partial charge in [0, 0.05) is 82.4 Å². The summed E-state index contributed by atoms with van der Waals surface area (Å²) in [6.07, 6.45) is -2.71. The van der Waals surface area contributed by atoms with Gasteiger partial charge in [0.2, 0.25) is 0 Å². The number of carbonyl (C=O) groups is 2. The predicted octanol–water partition coefficient (Wildman–Crippen LogP) is 7.62. The van der Waals surface area contributed by atoms with Crippen LogP contribution in [-0.2, 0) is 76.9 Å². The number of rotatable bonds is 35. The van der Waals surface area contributed by atoms with Crippen molar-refractivity contribution >= 4 is 58.1 Å². The average Bonchev–Trinajstić information content (AvgIpc) is 3.54. The number of nitrogen functional groups attached to an aromatic ring is 1. The zero-order valence-corrected chi connectivity index (χ0v) is 51.0. The number of azo groups is 1. The molecule has 3 heterocycles. The molecule has 0 radical (unpaired) electrons. The minimum Gasteiger partial charge on any atom is -0.463 e. The first kappa shape index (κ1) is 67.0. The summed E-state index contributed by atoms with van der Waals surface area (Å²) in [6, 6.07) is 14.6. The maximum absolute atomic E-state index is 13.8. The third-order valence-corrected chi connectivity index (χ3v) is 16.7. The van der Waals surface area contributed by atoms with Crippen LogP contribution in [0.2, 0.25) is 0 Å². The topological polar surface area (TPSA) is 311 Å². The SMILES string of the molecule is CCN(CCn1cc(C(C)(C)O[Si](OC[C@H]2O[C@@H](n3ccc(N)nc3=O)[C@H](OC(OCCOC(C)=O)OCCOC(C)=O)[C@@H]2OP(OC)N(C(C)C)C(C)C)(OC(C)C)OC(C)C)nn1)c1ccc(N=Nc2ccc([N+](=O)[O-])cc2)cc1. The lowest BCUT2D eigenvalue weighted by Crippen LogP contribution is -2.57. The van der Waals surface area contributed by atoms with Crippen LogP contribution < -0.4 is 16.3 Å². The average molecular weight is 1190 g/mol. The van der Waals surface area contributed by atoms with E-state index in [9.17, 15) is 24.5 Å². The summed E-state index contributed by atoms with van der Waals surface area (Å²) < 4.78 is 80.7. The van der Waals surface area contributed by atoms with Gasteiger partial charge in [0.05, 0.1) is 48.9 Å². The van der Waals surface area contributed by atoms with E-state index in [0.29, 0.717) is 36.7 Å². The lowest BCUT2D eigenvalue weighted by molar-refractivity contribution is -0.384. The normalized spacial score (nSPS) is 17.3. The third-order valence-electron chi connectivity index (χ3n) is 11.8. The van der Waals surface area contributed by atoms with E-state index in [0.717, 1.165) is 5.69 Å². The van der Waals surface area contributed by atoms with E-state index >= 15 is 0 Å². The number of hydrogen-bond donors (Lipinski definition) is 1. The smallest absolute Gasteiger partial charge is 0.463 e. The van der Waals surface area contributed by atoms with Gasteiger partial charge in [-0.15, -0.1) is 5.10 Å². The van der Waals surface area contributed by atoms with E-state index in [2.05, 4.69) is 30.4 Å². The molecule has 28 nitrogen and oxygen atoms in total. The van der Waals surface area contributed by atoms with E-state index in [1.807, 2.05) is 91.2 Å². The Bertz CT molecular complexity index is 2680. The molecule has 1 fully saturated rings. The highest BCUT2D eigenvalue weighted by molar-refractivity contribution is 7.44. The van der Waals surface area contributed by atoms with Crippen molar-refractivity contribution < 1.29 is 69.7 Å². The van der Waals surface area contributed by atoms with Gasteiger partial charge in [0.15, 0.2) is 6.23 Å². The van der Waals surface area contributed by atoms with Gasteiger partial charge < -0.3 is 65.8 Å². The van der Waals surface area contributed by atoms with Gasteiger partial charge >= 0.3 is 26.7 Å². The first-order chi connectivity index (χ1) is 38.8. The molecular formula is C52H80N11O17PSi. The van der Waals surface area contributed by atoms with Gasteiger partial charge in [-0.3, -0.25) is 29.0 Å². The molecule has 1 saturated heterocycles. The van der Waals surface area contributed by atoms with Crippen LogP contribution >= 0.6 is 8.53 Å². The fraction of sp³-hybridized carbons (Fsp3) is 0.615. The molecule has 5 rings (SSSR count). The number of carbonyl (C=O) groups excluding carboxylic acids is 2. The maximum atomic E-state index is 13.8. The standard InChI is InChI=1S/C52H80N11O17PSi/c1-15-59(42-20-16-40(17-21-42)55-56-41-18-22-43(23-19-41)63(67)68)26-27-60-32-45(57-58-60)52(12,13)80-82(78-36(6)7,79-37(8)9)74-33-44-47(77-81(69-14)62(34(2)3)35(4)5)48(49(75-44)61-25-24-46(53)54-50(61)66)76-51(72-30-28-70-38(10)64)73-31-29-71-39(11)65/h16-25,32,34-37,44,47-49,51H,15,26-31,33H2,1-14H3,(H2,53,54,66)/t44-,47-,48-,49-,81?/m1/s1. The Morgan fingerprint density at radius 2 is 1.45 bits per heavy atom. The number of nitrogens with zero attached hydrogens (tertiary/aromatic N) is 10. The minimum absolute atomic E-state index is 0.0284. The Hall–Kier alpha value is -5.79. The first-order valence-electron chi connectivity index (χ1n) is 26.9. The molecule has 1 aliphatic heterocycles. The van der Waals surface area contributed by atoms with Gasteiger partial charge in [-0.1, -0.05) is 5.21 Å². The number of hydrogen-bond acceptors (Lipinski definition) is 25. The Kier molecular flexibility index (Phi) is 25.9. The predicted molar refractivity (Wildman–Crippen MR) is 301 cm³/mol. The molecule has 1 aliphatic rings. The van der Waals surface area contributed by atoms with Crippen LogP contribution in [0.15, 0.2) is 82.0 Å². The minimum atomic E-state index is -4.36. The molecule has 2 aromatic heterocycles. The Balaban J connectivity index is 1.45. The fourth-order valence-corrected chi connectivity index (χ4v) is 12.5. The molecule has 4 aromatic rings. The first-order valence-corrected chi connectivity index (χ1v) is 29.7. The quantitative estimate of drug-likeness (QED) is 0.00676. The summed E-state index contributed by atoms with van der Waals surface area (Å²) in [5.74, 6) is -1.12. The van der Waals surface area contributed by atoms with E-state index in [1.165, 1.54) is 62.1 Å². The maximum Gasteiger partial charge on any atom is 0.681 e. The number of esters is 2. The third kappa shape index (κ3) is 20.2. The molecule has 1 unspecified atom stereocenters. The van der Waals surface area contributed by atoms with Crippen LogP contribution in [0.25, 0.3) is 0 Å². The fourth-order valence-electron chi connectivity index (χ4n) is 8.30. The van der Waals surface area contributed by atoms with Crippen molar-refractivity contribution in [3.05, 3.63) is 93.3 Å². The van der Waals surface area contributed by atoms with Gasteiger partial charge in [-0.2, -0.15) is 15.2 Å². The number of nitro benzene ring substituents is 1. The van der Waals surface area contributed by atoms with E-state index in [1.54, 1.807) is 24.7 Å². The van der Waals surface area contributed by atoms with Crippen LogP contribution in [0.5, 0.6) is 0 Å². The Morgan fingerprint density at radius 1 is 0.878 bits per heavy atom. The van der Waals surface area contributed by atoms with E-state index in [-0.39, 0.29) is 56.6 Å². The number of ether oxygens (including phenoxy) is 6. The highest BCUT2D eigenvalue weighted by atomic mass is 31.2. The Labute approximate surface area is 480 Å². The summed E-state index contributed by atoms with van der Waals surface area (Å²) >= 11 is 0. The highest BCUT2D eigenvalue weighted by Gasteiger charge is 2.57. The van der Waals surface area contributed by atoms with Crippen molar-refractivity contribution in [2.75, 3.05) is 63.9 Å². The summed E-state index contributed by atoms with van der Waals surface area (Å²) in [6.45, 7) is 22.5. The van der Waals surface area contributed by atoms with Crippen molar-refractivity contribution in [1.29, 1.82) is 0 Å². The van der Waals surface area contributed by atoms with Crippen molar-refractivity contribution in [2.24, 2.45) is 10.2 Å². The molecule has 0 amide bonds. The van der Waals surface area contributed by atoms with E-state index < -0.39 is 89.0 Å². The molecule has 2 aromatic carbocycles. The zero-order chi connectivity index (χ0) is 60.3. The van der Waals surface area contributed by atoms with Crippen molar-refractivity contribution in [3.63, 3.8) is 0 Å². The van der Waals surface area contributed by atoms with Crippen molar-refractivity contribution in [3.8, 4) is 0 Å². The molecule has 2 N–H and O–H groups in total. The molecular weight excluding hydrogens is 1110 g/mol. The summed E-state index contributed by atoms with van der Waals surface area (Å²) in [5, 5.41) is 28.5. The van der Waals surface area contributed by atoms with Crippen molar-refractivity contribution in [1.82, 2.24) is 29.2 Å². The van der Waals surface area contributed by atoms with Crippen LogP contribution in [0.4, 0.5) is 28.6 Å². The van der Waals surface area contributed by atoms with Gasteiger partial charge in [0.25, 0.3) is 20.7 Å². The number of non-ortho nitro benzene ring substituents is 1. The molecule has 454 valence electrons. The van der Waals surface area contributed by atoms with Gasteiger partial charge in [0.1, 0.15) is 48.6 Å². The summed E-state index contributed by atoms with van der Waals surface area (Å²) in [4.78, 5) is 53.8. The molecule has 0 saturated carbocycles. The van der Waals surface area contributed by atoms with Crippen LogP contribution in [-0.4, -0.2) is 157 Å². The van der Waals surface area contributed by atoms with Crippen molar-refractivity contribution in [2.45, 2.75) is 157 Å². The number of anilines is 2. The molecule has 5 atom stereocenters. The largest absolute Gasteiger partial charge is 0.681 e. The highest BCUT2D eigenvalue weighted by Crippen LogP contribution is 2.50. The number of likely N-dealkylation sites (N-methyl/N-ethyl adjacent to an activating group) is 1. The van der Waals surface area contributed by atoms with Crippen LogP contribution in [0.3, 0.4) is 0 Å². The summed E-state index contributed by atoms with van der Waals surface area (Å²) in [7, 11) is -4.75. The van der Waals surface area contributed by atoms with Gasteiger partial charge in [-0.05, 0) is 119 Å². The zero-order valence-electron chi connectivity index (χ0n) is 49.1. The number of nitrogens with two attached hydrogens (primary N) is 1. The van der Waals surface area contributed by atoms with E-state index in [4.69, 9.17) is 60.9 Å². The molecule has 0 spiro atoms. The summed E-state index contributed by atoms with van der Waals surface area (Å²) in [5.41, 5.74) is 6.39. The Morgan fingerprint density at radius 3 is 1.95 bits per heavy atom. The van der Waals surface area contributed by atoms with Crippen LogP contribution in [0.1, 0.15) is 102 Å². The monoisotopic (exact) mass is 1190 g/mol. The second-order valence-electron chi connectivity index (χ2n) is 20.2. The number of benzene rings is 2. The molecule has 82 heavy (non-hydrogen) atoms. The molecule has 0 aliphatic carbocycles. The second kappa shape index (κ2) is 31.8. The number of nitro groups is 1. The molecule has 30 heteroatoms. The lowest BCUT2D eigenvalue weighted by atomic mass is 10.1. The molecule has 0 bridgehead atoms. The van der Waals surface area contributed by atoms with Gasteiger partial charge in [-0.25, -0.2) is 9.46 Å². The second-order valence-corrected chi connectivity index (χ2v) is 23.6.